The van der Waals surface area contributed by atoms with Gasteiger partial charge in [0.1, 0.15) is 0 Å². The zero-order chi connectivity index (χ0) is 8.85. The lowest BCUT2D eigenvalue weighted by atomic mass is 10.2. The van der Waals surface area contributed by atoms with Crippen molar-refractivity contribution in [1.29, 1.82) is 0 Å². The van der Waals surface area contributed by atoms with Crippen LogP contribution in [0.4, 0.5) is 0 Å². The van der Waals surface area contributed by atoms with Gasteiger partial charge < -0.3 is 10.4 Å². The first kappa shape index (κ1) is 11.1. The molecule has 2 N–H and O–H groups in total. The summed E-state index contributed by atoms with van der Waals surface area (Å²) in [5.74, 6) is 0.650. The van der Waals surface area contributed by atoms with Crippen molar-refractivity contribution in [2.75, 3.05) is 18.6 Å². The Kier molecular flexibility index (Phi) is 5.72. The highest BCUT2D eigenvalue weighted by molar-refractivity contribution is 7.84. The molecule has 0 aliphatic heterocycles. The van der Waals surface area contributed by atoms with Gasteiger partial charge in [-0.05, 0) is 13.8 Å². The van der Waals surface area contributed by atoms with E-state index in [1.54, 1.807) is 13.2 Å². The molecule has 11 heavy (non-hydrogen) atoms. The lowest BCUT2D eigenvalue weighted by molar-refractivity contribution is 0.154. The second kappa shape index (κ2) is 5.69. The van der Waals surface area contributed by atoms with Crippen molar-refractivity contribution >= 4 is 10.8 Å². The minimum absolute atomic E-state index is 0.0820. The number of rotatable bonds is 5. The average Bonchev–Trinajstić information content (AvgIpc) is 1.86. The molecule has 0 aromatic rings. The molecule has 0 fully saturated rings. The smallest absolute Gasteiger partial charge is 0.0662 e. The summed E-state index contributed by atoms with van der Waals surface area (Å²) in [4.78, 5) is 0. The molecule has 4 heteroatoms. The molecule has 0 aromatic carbocycles. The molecule has 0 heterocycles. The zero-order valence-electron chi connectivity index (χ0n) is 7.33. The molecule has 0 aromatic heterocycles. The second-order valence-corrected chi connectivity index (χ2v) is 4.32. The van der Waals surface area contributed by atoms with Crippen LogP contribution in [0.15, 0.2) is 0 Å². The van der Waals surface area contributed by atoms with E-state index in [0.717, 1.165) is 0 Å². The van der Waals surface area contributed by atoms with Gasteiger partial charge in [-0.3, -0.25) is 4.21 Å². The molecule has 0 saturated carbocycles. The Morgan fingerprint density at radius 2 is 2.09 bits per heavy atom. The van der Waals surface area contributed by atoms with E-state index in [1.165, 1.54) is 0 Å². The van der Waals surface area contributed by atoms with E-state index in [4.69, 9.17) is 5.11 Å². The summed E-state index contributed by atoms with van der Waals surface area (Å²) in [5.41, 5.74) is 0. The highest BCUT2D eigenvalue weighted by Crippen LogP contribution is 1.89. The maximum Gasteiger partial charge on any atom is 0.0662 e. The number of hydrogen-bond donors (Lipinski definition) is 2. The minimum atomic E-state index is -0.739. The fraction of sp³-hybridized carbons (Fsp3) is 1.00. The van der Waals surface area contributed by atoms with Crippen LogP contribution in [0, 0.1) is 0 Å². The molecule has 0 rings (SSSR count). The Hall–Kier alpha value is 0.0700. The third-order valence-electron chi connectivity index (χ3n) is 1.58. The summed E-state index contributed by atoms with van der Waals surface area (Å²) < 4.78 is 10.6. The van der Waals surface area contributed by atoms with Gasteiger partial charge in [0.05, 0.1) is 6.10 Å². The van der Waals surface area contributed by atoms with E-state index in [9.17, 15) is 4.21 Å². The van der Waals surface area contributed by atoms with Crippen LogP contribution in [0.3, 0.4) is 0 Å². The van der Waals surface area contributed by atoms with Crippen molar-refractivity contribution in [2.45, 2.75) is 26.0 Å². The first-order valence-electron chi connectivity index (χ1n) is 3.75. The third kappa shape index (κ3) is 6.47. The molecule has 0 aliphatic carbocycles. The number of nitrogens with one attached hydrogen (secondary N) is 1. The van der Waals surface area contributed by atoms with Crippen LogP contribution in [0.1, 0.15) is 13.8 Å². The Morgan fingerprint density at radius 3 is 2.45 bits per heavy atom. The van der Waals surface area contributed by atoms with Gasteiger partial charge in [0.25, 0.3) is 0 Å². The Balaban J connectivity index is 3.31. The van der Waals surface area contributed by atoms with Crippen molar-refractivity contribution in [1.82, 2.24) is 5.32 Å². The van der Waals surface area contributed by atoms with Crippen molar-refractivity contribution < 1.29 is 9.32 Å². The highest BCUT2D eigenvalue weighted by atomic mass is 32.2. The van der Waals surface area contributed by atoms with Crippen molar-refractivity contribution in [3.05, 3.63) is 0 Å². The number of aliphatic hydroxyl groups excluding tert-OH is 1. The van der Waals surface area contributed by atoms with Gasteiger partial charge in [-0.1, -0.05) is 0 Å². The quantitative estimate of drug-likeness (QED) is 0.610. The van der Waals surface area contributed by atoms with Crippen LogP contribution in [0.25, 0.3) is 0 Å². The summed E-state index contributed by atoms with van der Waals surface area (Å²) in [6, 6.07) is 0.0820. The normalized spacial score (nSPS) is 19.3. The lowest BCUT2D eigenvalue weighted by Gasteiger charge is -2.15. The summed E-state index contributed by atoms with van der Waals surface area (Å²) in [5, 5.41) is 12.1. The SMILES string of the molecule is CC(O)C(C)NCCS(C)=O. The summed E-state index contributed by atoms with van der Waals surface area (Å²) in [7, 11) is -0.739. The maximum atomic E-state index is 10.6. The topological polar surface area (TPSA) is 49.3 Å². The van der Waals surface area contributed by atoms with E-state index in [0.29, 0.717) is 12.3 Å². The molecule has 68 valence electrons. The second-order valence-electron chi connectivity index (χ2n) is 2.76. The Labute approximate surface area is 70.6 Å². The summed E-state index contributed by atoms with van der Waals surface area (Å²) >= 11 is 0. The van der Waals surface area contributed by atoms with Crippen molar-refractivity contribution in [3.8, 4) is 0 Å². The fourth-order valence-corrected chi connectivity index (χ4v) is 1.01. The van der Waals surface area contributed by atoms with Gasteiger partial charge in [-0.25, -0.2) is 0 Å². The fourth-order valence-electron chi connectivity index (χ4n) is 0.601. The predicted octanol–water partition coefficient (Wildman–Crippen LogP) is -0.276. The maximum absolute atomic E-state index is 10.6. The standard InChI is InChI=1S/C7H17NO2S/c1-6(7(2)9)8-4-5-11(3)10/h6-9H,4-5H2,1-3H3. The Bertz CT molecular complexity index is 128. The molecule has 0 radical (unpaired) electrons. The largest absolute Gasteiger partial charge is 0.392 e. The van der Waals surface area contributed by atoms with Crippen LogP contribution < -0.4 is 5.32 Å². The van der Waals surface area contributed by atoms with Gasteiger partial charge in [-0.2, -0.15) is 0 Å². The number of hydrogen-bond acceptors (Lipinski definition) is 3. The van der Waals surface area contributed by atoms with E-state index in [1.807, 2.05) is 6.92 Å². The molecule has 3 unspecified atom stereocenters. The zero-order valence-corrected chi connectivity index (χ0v) is 8.15. The lowest BCUT2D eigenvalue weighted by Crippen LogP contribution is -2.37. The Morgan fingerprint density at radius 1 is 1.55 bits per heavy atom. The third-order valence-corrected chi connectivity index (χ3v) is 2.36. The van der Waals surface area contributed by atoms with E-state index in [-0.39, 0.29) is 12.1 Å². The summed E-state index contributed by atoms with van der Waals surface area (Å²) in [6.45, 7) is 4.35. The molecule has 0 saturated heterocycles. The van der Waals surface area contributed by atoms with E-state index < -0.39 is 10.8 Å². The monoisotopic (exact) mass is 179 g/mol. The molecular weight excluding hydrogens is 162 g/mol. The molecule has 3 atom stereocenters. The molecule has 3 nitrogen and oxygen atoms in total. The van der Waals surface area contributed by atoms with Gasteiger partial charge in [0.2, 0.25) is 0 Å². The summed E-state index contributed by atoms with van der Waals surface area (Å²) in [6.07, 6.45) is 1.33. The van der Waals surface area contributed by atoms with Gasteiger partial charge in [-0.15, -0.1) is 0 Å². The molecule has 0 spiro atoms. The van der Waals surface area contributed by atoms with Crippen LogP contribution >= 0.6 is 0 Å². The van der Waals surface area contributed by atoms with Crippen LogP contribution in [-0.2, 0) is 10.8 Å². The van der Waals surface area contributed by atoms with Crippen LogP contribution in [-0.4, -0.2) is 40.0 Å². The van der Waals surface area contributed by atoms with Gasteiger partial charge in [0.15, 0.2) is 0 Å². The molecular formula is C7H17NO2S. The minimum Gasteiger partial charge on any atom is -0.392 e. The van der Waals surface area contributed by atoms with Crippen molar-refractivity contribution in [3.63, 3.8) is 0 Å². The van der Waals surface area contributed by atoms with Crippen molar-refractivity contribution in [2.24, 2.45) is 0 Å². The number of aliphatic hydroxyl groups is 1. The van der Waals surface area contributed by atoms with Gasteiger partial charge in [0, 0.05) is 35.4 Å². The highest BCUT2D eigenvalue weighted by Gasteiger charge is 2.06. The molecule has 0 bridgehead atoms. The van der Waals surface area contributed by atoms with E-state index in [2.05, 4.69) is 5.32 Å². The predicted molar refractivity (Wildman–Crippen MR) is 48.1 cm³/mol. The van der Waals surface area contributed by atoms with Crippen LogP contribution in [0.2, 0.25) is 0 Å². The van der Waals surface area contributed by atoms with Crippen LogP contribution in [0.5, 0.6) is 0 Å². The molecule has 0 amide bonds. The first-order valence-corrected chi connectivity index (χ1v) is 5.48. The van der Waals surface area contributed by atoms with E-state index >= 15 is 0 Å². The van der Waals surface area contributed by atoms with Gasteiger partial charge >= 0.3 is 0 Å². The molecule has 0 aliphatic rings. The average molecular weight is 179 g/mol. The first-order chi connectivity index (χ1) is 5.04.